The largest absolute Gasteiger partial charge is 0.451 e. The van der Waals surface area contributed by atoms with Crippen molar-refractivity contribution in [1.82, 2.24) is 19.1 Å². The minimum absolute atomic E-state index is 0.00473. The highest BCUT2D eigenvalue weighted by Gasteiger charge is 2.41. The van der Waals surface area contributed by atoms with E-state index in [-0.39, 0.29) is 30.4 Å². The lowest BCUT2D eigenvalue weighted by Gasteiger charge is -2.28. The smallest absolute Gasteiger partial charge is 0.305 e. The summed E-state index contributed by atoms with van der Waals surface area (Å²) < 4.78 is 66.7. The zero-order valence-corrected chi connectivity index (χ0v) is 14.6. The number of halogens is 3. The highest BCUT2D eigenvalue weighted by Crippen LogP contribution is 2.31. The van der Waals surface area contributed by atoms with Crippen LogP contribution in [0.1, 0.15) is 35.6 Å². The molecule has 2 aromatic rings. The summed E-state index contributed by atoms with van der Waals surface area (Å²) in [6.45, 7) is -0.391. The van der Waals surface area contributed by atoms with Gasteiger partial charge in [0.15, 0.2) is 0 Å². The molecule has 0 unspecified atom stereocenters. The van der Waals surface area contributed by atoms with Crippen LogP contribution in [0.3, 0.4) is 0 Å². The third-order valence-electron chi connectivity index (χ3n) is 4.93. The molecule has 4 rings (SSSR count). The van der Waals surface area contributed by atoms with Crippen molar-refractivity contribution in [2.75, 3.05) is 6.54 Å². The Morgan fingerprint density at radius 1 is 1.00 bits per heavy atom. The lowest BCUT2D eigenvalue weighted by molar-refractivity contribution is -0.147. The Labute approximate surface area is 148 Å². The average molecular weight is 386 g/mol. The van der Waals surface area contributed by atoms with Crippen LogP contribution >= 0.6 is 0 Å². The Balaban J connectivity index is 1.63. The number of aromatic nitrogens is 3. The molecule has 1 aromatic carbocycles. The van der Waals surface area contributed by atoms with Crippen LogP contribution in [-0.2, 0) is 42.1 Å². The third-order valence-corrected chi connectivity index (χ3v) is 6.77. The Morgan fingerprint density at radius 3 is 2.46 bits per heavy atom. The molecule has 0 saturated carbocycles. The first-order chi connectivity index (χ1) is 12.3. The SMILES string of the molecule is O=S(=O)(c1ccc2c(c1)CCCC2)N1CCn2c(nnc2C(F)(F)F)C1. The Kier molecular flexibility index (Phi) is 4.07. The molecule has 140 valence electrons. The molecule has 2 heterocycles. The highest BCUT2D eigenvalue weighted by atomic mass is 32.2. The van der Waals surface area contributed by atoms with Crippen molar-refractivity contribution in [2.24, 2.45) is 0 Å². The monoisotopic (exact) mass is 386 g/mol. The van der Waals surface area contributed by atoms with Gasteiger partial charge in [0.1, 0.15) is 5.82 Å². The molecule has 10 heteroatoms. The second-order valence-corrected chi connectivity index (χ2v) is 8.50. The van der Waals surface area contributed by atoms with Crippen molar-refractivity contribution in [2.45, 2.75) is 49.8 Å². The number of aryl methyl sites for hydroxylation is 2. The van der Waals surface area contributed by atoms with Gasteiger partial charge in [-0.2, -0.15) is 17.5 Å². The van der Waals surface area contributed by atoms with E-state index in [4.69, 9.17) is 0 Å². The fourth-order valence-electron chi connectivity index (χ4n) is 3.57. The summed E-state index contributed by atoms with van der Waals surface area (Å²) in [5.41, 5.74) is 2.21. The Bertz CT molecular complexity index is 953. The molecule has 0 bridgehead atoms. The second-order valence-electron chi connectivity index (χ2n) is 6.57. The summed E-state index contributed by atoms with van der Waals surface area (Å²) in [5.74, 6) is -1.08. The number of sulfonamides is 1. The molecule has 1 aliphatic heterocycles. The fourth-order valence-corrected chi connectivity index (χ4v) is 5.01. The molecule has 0 atom stereocenters. The van der Waals surface area contributed by atoms with Crippen LogP contribution in [0.5, 0.6) is 0 Å². The first kappa shape index (κ1) is 17.5. The molecule has 0 spiro atoms. The van der Waals surface area contributed by atoms with E-state index in [1.807, 2.05) is 6.07 Å². The fraction of sp³-hybridized carbons (Fsp3) is 0.500. The molecule has 0 radical (unpaired) electrons. The minimum Gasteiger partial charge on any atom is -0.305 e. The van der Waals surface area contributed by atoms with Crippen molar-refractivity contribution in [3.8, 4) is 0 Å². The quantitative estimate of drug-likeness (QED) is 0.795. The zero-order chi connectivity index (χ0) is 18.5. The van der Waals surface area contributed by atoms with E-state index in [0.717, 1.165) is 35.8 Å². The van der Waals surface area contributed by atoms with Crippen molar-refractivity contribution in [3.63, 3.8) is 0 Å². The molecular weight excluding hydrogens is 369 g/mol. The standard InChI is InChI=1S/C16H17F3N4O2S/c17-16(18,19)15-21-20-14-10-22(7-8-23(14)15)26(24,25)13-6-5-11-3-1-2-4-12(11)9-13/h5-6,9H,1-4,7-8,10H2. The molecule has 6 nitrogen and oxygen atoms in total. The van der Waals surface area contributed by atoms with Gasteiger partial charge in [0.05, 0.1) is 11.4 Å². The first-order valence-corrected chi connectivity index (χ1v) is 9.82. The molecule has 26 heavy (non-hydrogen) atoms. The third kappa shape index (κ3) is 2.90. The van der Waals surface area contributed by atoms with Gasteiger partial charge in [0, 0.05) is 13.1 Å². The molecule has 2 aliphatic rings. The summed E-state index contributed by atoms with van der Waals surface area (Å²) in [6.07, 6.45) is -0.679. The topological polar surface area (TPSA) is 68.1 Å². The van der Waals surface area contributed by atoms with Gasteiger partial charge in [-0.05, 0) is 48.9 Å². The highest BCUT2D eigenvalue weighted by molar-refractivity contribution is 7.89. The summed E-state index contributed by atoms with van der Waals surface area (Å²) in [5, 5.41) is 6.72. The van der Waals surface area contributed by atoms with Crippen LogP contribution < -0.4 is 0 Å². The van der Waals surface area contributed by atoms with Crippen LogP contribution in [0.2, 0.25) is 0 Å². The number of benzene rings is 1. The van der Waals surface area contributed by atoms with Gasteiger partial charge in [-0.3, -0.25) is 0 Å². The lowest BCUT2D eigenvalue weighted by Crippen LogP contribution is -2.39. The van der Waals surface area contributed by atoms with Crippen LogP contribution in [0.25, 0.3) is 0 Å². The normalized spacial score (nSPS) is 18.4. The molecule has 0 saturated heterocycles. The lowest BCUT2D eigenvalue weighted by atomic mass is 9.92. The number of hydrogen-bond donors (Lipinski definition) is 0. The Morgan fingerprint density at radius 2 is 1.73 bits per heavy atom. The summed E-state index contributed by atoms with van der Waals surface area (Å²) in [6, 6.07) is 5.12. The maximum atomic E-state index is 12.9. The number of alkyl halides is 3. The van der Waals surface area contributed by atoms with Gasteiger partial charge in [-0.15, -0.1) is 10.2 Å². The molecule has 1 aliphatic carbocycles. The van der Waals surface area contributed by atoms with E-state index in [9.17, 15) is 21.6 Å². The van der Waals surface area contributed by atoms with Crippen LogP contribution in [-0.4, -0.2) is 34.0 Å². The van der Waals surface area contributed by atoms with Crippen LogP contribution in [0.4, 0.5) is 13.2 Å². The van der Waals surface area contributed by atoms with E-state index in [1.165, 1.54) is 9.87 Å². The predicted octanol–water partition coefficient (Wildman–Crippen LogP) is 2.38. The maximum absolute atomic E-state index is 12.9. The van der Waals surface area contributed by atoms with Gasteiger partial charge in [-0.25, -0.2) is 8.42 Å². The number of hydrogen-bond acceptors (Lipinski definition) is 4. The van der Waals surface area contributed by atoms with Gasteiger partial charge in [-0.1, -0.05) is 6.07 Å². The molecule has 0 N–H and O–H groups in total. The molecular formula is C16H17F3N4O2S. The Hall–Kier alpha value is -1.94. The van der Waals surface area contributed by atoms with E-state index in [0.29, 0.717) is 0 Å². The van der Waals surface area contributed by atoms with E-state index < -0.39 is 22.0 Å². The second kappa shape index (κ2) is 6.05. The summed E-state index contributed by atoms with van der Waals surface area (Å²) >= 11 is 0. The van der Waals surface area contributed by atoms with Crippen molar-refractivity contribution < 1.29 is 21.6 Å². The first-order valence-electron chi connectivity index (χ1n) is 8.38. The van der Waals surface area contributed by atoms with Gasteiger partial charge in [0.25, 0.3) is 0 Å². The summed E-state index contributed by atoms with van der Waals surface area (Å²) in [7, 11) is -3.79. The van der Waals surface area contributed by atoms with E-state index in [2.05, 4.69) is 10.2 Å². The average Bonchev–Trinajstić information content (AvgIpc) is 3.04. The van der Waals surface area contributed by atoms with Gasteiger partial charge < -0.3 is 4.57 Å². The number of rotatable bonds is 2. The van der Waals surface area contributed by atoms with Crippen molar-refractivity contribution >= 4 is 10.0 Å². The number of fused-ring (bicyclic) bond motifs is 2. The predicted molar refractivity (Wildman–Crippen MR) is 85.7 cm³/mol. The molecule has 0 amide bonds. The van der Waals surface area contributed by atoms with E-state index >= 15 is 0 Å². The summed E-state index contributed by atoms with van der Waals surface area (Å²) in [4.78, 5) is 0.183. The van der Waals surface area contributed by atoms with Gasteiger partial charge >= 0.3 is 6.18 Å². The molecule has 0 fully saturated rings. The van der Waals surface area contributed by atoms with Gasteiger partial charge in [0.2, 0.25) is 15.8 Å². The van der Waals surface area contributed by atoms with Crippen LogP contribution in [0, 0.1) is 0 Å². The van der Waals surface area contributed by atoms with E-state index in [1.54, 1.807) is 12.1 Å². The number of nitrogens with zero attached hydrogens (tertiary/aromatic N) is 4. The molecule has 1 aromatic heterocycles. The maximum Gasteiger partial charge on any atom is 0.451 e. The zero-order valence-electron chi connectivity index (χ0n) is 13.8. The van der Waals surface area contributed by atoms with Crippen LogP contribution in [0.15, 0.2) is 23.1 Å². The van der Waals surface area contributed by atoms with Crippen molar-refractivity contribution in [3.05, 3.63) is 41.0 Å². The van der Waals surface area contributed by atoms with Crippen molar-refractivity contribution in [1.29, 1.82) is 0 Å². The minimum atomic E-state index is -4.61.